The van der Waals surface area contributed by atoms with Crippen LogP contribution in [0.4, 0.5) is 0 Å². The van der Waals surface area contributed by atoms with E-state index in [1.165, 1.54) is 11.0 Å². The molecule has 0 radical (unpaired) electrons. The number of nitrogens with zero attached hydrogens (tertiary/aromatic N) is 3. The van der Waals surface area contributed by atoms with Gasteiger partial charge in [0.25, 0.3) is 17.7 Å². The molecule has 3 aromatic carbocycles. The van der Waals surface area contributed by atoms with Gasteiger partial charge in [-0.2, -0.15) is 0 Å². The van der Waals surface area contributed by atoms with Gasteiger partial charge in [0.05, 0.1) is 22.2 Å². The molecule has 1 unspecified atom stereocenters. The Kier molecular flexibility index (Phi) is 8.17. The number of fused-ring (bicyclic) bond motifs is 4. The lowest BCUT2D eigenvalue weighted by Crippen LogP contribution is -2.42. The monoisotopic (exact) mass is 615 g/mol. The molecule has 0 saturated heterocycles. The molecule has 4 amide bonds. The molecule has 234 valence electrons. The quantitative estimate of drug-likeness (QED) is 0.188. The molecule has 5 aromatic rings. The first kappa shape index (κ1) is 30.7. The first-order valence-electron chi connectivity index (χ1n) is 15.6. The molecule has 0 fully saturated rings. The van der Waals surface area contributed by atoms with Gasteiger partial charge in [-0.3, -0.25) is 24.1 Å². The van der Waals surface area contributed by atoms with Crippen molar-refractivity contribution < 1.29 is 19.2 Å². The van der Waals surface area contributed by atoms with Gasteiger partial charge in [0, 0.05) is 35.1 Å². The Morgan fingerprint density at radius 2 is 1.61 bits per heavy atom. The third-order valence-electron chi connectivity index (χ3n) is 8.74. The Balaban J connectivity index is 1.09. The third kappa shape index (κ3) is 5.64. The maximum atomic E-state index is 13.3. The summed E-state index contributed by atoms with van der Waals surface area (Å²) in [5, 5.41) is 8.14. The van der Waals surface area contributed by atoms with Gasteiger partial charge in [-0.15, -0.1) is 0 Å². The first-order chi connectivity index (χ1) is 22.1. The Morgan fingerprint density at radius 3 is 2.37 bits per heavy atom. The van der Waals surface area contributed by atoms with E-state index in [1.54, 1.807) is 18.3 Å². The van der Waals surface area contributed by atoms with E-state index in [1.807, 2.05) is 92.9 Å². The van der Waals surface area contributed by atoms with Gasteiger partial charge in [-0.25, -0.2) is 4.98 Å². The van der Waals surface area contributed by atoms with Gasteiger partial charge in [0.1, 0.15) is 12.2 Å². The van der Waals surface area contributed by atoms with Crippen LogP contribution < -0.4 is 10.6 Å². The molecule has 1 atom stereocenters. The summed E-state index contributed by atoms with van der Waals surface area (Å²) >= 11 is 0. The highest BCUT2D eigenvalue weighted by Crippen LogP contribution is 2.29. The Morgan fingerprint density at radius 1 is 0.891 bits per heavy atom. The molecule has 2 aromatic heterocycles. The fourth-order valence-corrected chi connectivity index (χ4v) is 6.31. The molecule has 0 spiro atoms. The van der Waals surface area contributed by atoms with Crippen LogP contribution in [0.25, 0.3) is 21.9 Å². The number of hydrogen-bond donors (Lipinski definition) is 2. The first-order valence-corrected chi connectivity index (χ1v) is 15.6. The van der Waals surface area contributed by atoms with Crippen LogP contribution in [0.15, 0.2) is 85.1 Å². The number of imide groups is 1. The lowest BCUT2D eigenvalue weighted by molar-refractivity contribution is -0.123. The van der Waals surface area contributed by atoms with Crippen LogP contribution >= 0.6 is 0 Å². The summed E-state index contributed by atoms with van der Waals surface area (Å²) < 4.78 is 1.94. The van der Waals surface area contributed by atoms with E-state index in [4.69, 9.17) is 0 Å². The number of amides is 4. The van der Waals surface area contributed by atoms with Crippen LogP contribution in [0.3, 0.4) is 0 Å². The standard InChI is InChI=1S/C37H37N5O4/c1-5-9-23(2)42-35(45)29-18-15-25(20-30(29)36(42)46)34(44)39-21-24-13-16-26(17-14-24)37(3,4)40-32(43)22-41-31-12-7-6-10-27(31)28-11-8-19-38-33(28)41/h6-8,10-20,23H,5,9,21-22H2,1-4H3,(H,39,44)(H,40,43). The van der Waals surface area contributed by atoms with Crippen molar-refractivity contribution in [1.82, 2.24) is 25.1 Å². The number of carbonyl (C=O) groups is 4. The molecule has 9 heteroatoms. The fraction of sp³-hybridized carbons (Fsp3) is 0.270. The molecule has 9 nitrogen and oxygen atoms in total. The Labute approximate surface area is 267 Å². The highest BCUT2D eigenvalue weighted by atomic mass is 16.2. The second-order valence-electron chi connectivity index (χ2n) is 12.4. The highest BCUT2D eigenvalue weighted by Gasteiger charge is 2.38. The van der Waals surface area contributed by atoms with E-state index in [0.29, 0.717) is 11.1 Å². The topological polar surface area (TPSA) is 113 Å². The second-order valence-corrected chi connectivity index (χ2v) is 12.4. The van der Waals surface area contributed by atoms with E-state index in [2.05, 4.69) is 15.6 Å². The second kappa shape index (κ2) is 12.2. The number of benzene rings is 3. The van der Waals surface area contributed by atoms with Crippen LogP contribution in [-0.2, 0) is 23.4 Å². The molecule has 0 saturated carbocycles. The summed E-state index contributed by atoms with van der Waals surface area (Å²) in [6, 6.07) is 24.1. The lowest BCUT2D eigenvalue weighted by Gasteiger charge is -2.27. The molecular weight excluding hydrogens is 578 g/mol. The number of carbonyl (C=O) groups excluding carboxylic acids is 4. The summed E-state index contributed by atoms with van der Waals surface area (Å²) in [6.45, 7) is 8.19. The predicted molar refractivity (Wildman–Crippen MR) is 177 cm³/mol. The minimum atomic E-state index is -0.651. The van der Waals surface area contributed by atoms with Crippen molar-refractivity contribution in [2.45, 2.75) is 65.2 Å². The van der Waals surface area contributed by atoms with Crippen molar-refractivity contribution in [1.29, 1.82) is 0 Å². The molecule has 2 N–H and O–H groups in total. The van der Waals surface area contributed by atoms with Gasteiger partial charge in [-0.1, -0.05) is 55.8 Å². The molecule has 46 heavy (non-hydrogen) atoms. The molecule has 3 heterocycles. The normalized spacial score (nSPS) is 13.7. The van der Waals surface area contributed by atoms with Crippen LogP contribution in [0, 0.1) is 0 Å². The zero-order valence-electron chi connectivity index (χ0n) is 26.5. The van der Waals surface area contributed by atoms with E-state index >= 15 is 0 Å². The SMILES string of the molecule is CCCC(C)N1C(=O)c2ccc(C(=O)NCc3ccc(C(C)(C)NC(=O)Cn4c5ccccc5c5cccnc54)cc3)cc2C1=O. The van der Waals surface area contributed by atoms with Gasteiger partial charge in [-0.05, 0) is 74.7 Å². The number of nitrogens with one attached hydrogen (secondary N) is 2. The summed E-state index contributed by atoms with van der Waals surface area (Å²) in [5.74, 6) is -1.13. The van der Waals surface area contributed by atoms with Gasteiger partial charge in [0.2, 0.25) is 5.91 Å². The lowest BCUT2D eigenvalue weighted by atomic mass is 9.93. The van der Waals surface area contributed by atoms with Crippen molar-refractivity contribution in [2.24, 2.45) is 0 Å². The maximum absolute atomic E-state index is 13.3. The Hall–Kier alpha value is -5.31. The van der Waals surface area contributed by atoms with Gasteiger partial charge in [0.15, 0.2) is 0 Å². The molecule has 1 aliphatic rings. The minimum Gasteiger partial charge on any atom is -0.348 e. The average molecular weight is 616 g/mol. The zero-order valence-corrected chi connectivity index (χ0v) is 26.5. The number of pyridine rings is 1. The molecule has 0 aliphatic carbocycles. The van der Waals surface area contributed by atoms with Gasteiger partial charge < -0.3 is 15.2 Å². The third-order valence-corrected chi connectivity index (χ3v) is 8.74. The van der Waals surface area contributed by atoms with E-state index < -0.39 is 5.54 Å². The number of aromatic nitrogens is 2. The summed E-state index contributed by atoms with van der Waals surface area (Å²) in [5.41, 5.74) is 3.80. The molecule has 1 aliphatic heterocycles. The Bertz CT molecular complexity index is 1940. The summed E-state index contributed by atoms with van der Waals surface area (Å²) in [7, 11) is 0. The van der Waals surface area contributed by atoms with Crippen LogP contribution in [-0.4, -0.2) is 44.1 Å². The van der Waals surface area contributed by atoms with Crippen molar-refractivity contribution in [2.75, 3.05) is 0 Å². The van der Waals surface area contributed by atoms with Crippen molar-refractivity contribution in [3.8, 4) is 0 Å². The number of hydrogen-bond acceptors (Lipinski definition) is 5. The molecule has 6 rings (SSSR count). The molecular formula is C37H37N5O4. The zero-order chi connectivity index (χ0) is 32.6. The van der Waals surface area contributed by atoms with Crippen molar-refractivity contribution in [3.63, 3.8) is 0 Å². The van der Waals surface area contributed by atoms with E-state index in [9.17, 15) is 19.2 Å². The minimum absolute atomic E-state index is 0.132. The van der Waals surface area contributed by atoms with E-state index in [0.717, 1.165) is 45.9 Å². The van der Waals surface area contributed by atoms with E-state index in [-0.39, 0.29) is 48.3 Å². The van der Waals surface area contributed by atoms with Crippen molar-refractivity contribution >= 4 is 45.6 Å². The molecule has 0 bridgehead atoms. The largest absolute Gasteiger partial charge is 0.348 e. The highest BCUT2D eigenvalue weighted by molar-refractivity contribution is 6.22. The number of para-hydroxylation sites is 1. The maximum Gasteiger partial charge on any atom is 0.261 e. The smallest absolute Gasteiger partial charge is 0.261 e. The predicted octanol–water partition coefficient (Wildman–Crippen LogP) is 5.96. The number of rotatable bonds is 10. The average Bonchev–Trinajstić information content (AvgIpc) is 3.50. The fourth-order valence-electron chi connectivity index (χ4n) is 6.31. The summed E-state index contributed by atoms with van der Waals surface area (Å²) in [6.07, 6.45) is 3.32. The summed E-state index contributed by atoms with van der Waals surface area (Å²) in [4.78, 5) is 57.9. The van der Waals surface area contributed by atoms with Crippen LogP contribution in [0.2, 0.25) is 0 Å². The van der Waals surface area contributed by atoms with Gasteiger partial charge >= 0.3 is 0 Å². The van der Waals surface area contributed by atoms with Crippen LogP contribution in [0.1, 0.15) is 82.7 Å². The van der Waals surface area contributed by atoms with Crippen LogP contribution in [0.5, 0.6) is 0 Å². The van der Waals surface area contributed by atoms with Crippen molar-refractivity contribution in [3.05, 3.63) is 113 Å².